The van der Waals surface area contributed by atoms with Crippen molar-refractivity contribution < 1.29 is 14.4 Å². The average molecular weight is 484 g/mol. The predicted molar refractivity (Wildman–Crippen MR) is 140 cm³/mol. The highest BCUT2D eigenvalue weighted by atomic mass is 16.2. The maximum atomic E-state index is 13.3. The minimum atomic E-state index is -0.527. The zero-order valence-electron chi connectivity index (χ0n) is 23.3. The molecule has 2 atom stereocenters. The summed E-state index contributed by atoms with van der Waals surface area (Å²) >= 11 is 0. The topological polar surface area (TPSA) is 153 Å². The van der Waals surface area contributed by atoms with Crippen molar-refractivity contribution in [2.75, 3.05) is 19.6 Å². The Balaban J connectivity index is 5.25. The van der Waals surface area contributed by atoms with E-state index in [2.05, 4.69) is 59.1 Å². The van der Waals surface area contributed by atoms with Gasteiger partial charge in [-0.2, -0.15) is 0 Å². The molecule has 200 valence electrons. The van der Waals surface area contributed by atoms with Gasteiger partial charge in [-0.3, -0.25) is 14.4 Å². The highest BCUT2D eigenvalue weighted by molar-refractivity contribution is 5.80. The van der Waals surface area contributed by atoms with Gasteiger partial charge in [0.2, 0.25) is 17.7 Å². The maximum absolute atomic E-state index is 13.3. The Labute approximate surface area is 207 Å². The summed E-state index contributed by atoms with van der Waals surface area (Å²) in [5.74, 6) is -1.12. The lowest BCUT2D eigenvalue weighted by Gasteiger charge is -2.50. The smallest absolute Gasteiger partial charge is 0.233 e. The Morgan fingerprint density at radius 2 is 1.26 bits per heavy atom. The highest BCUT2D eigenvalue weighted by Gasteiger charge is 2.49. The second-order valence-corrected chi connectivity index (χ2v) is 12.8. The van der Waals surface area contributed by atoms with Crippen LogP contribution in [0, 0.1) is 28.1 Å². The number of unbranched alkanes of at least 4 members (excludes halogenated alkanes) is 2. The molecule has 0 aliphatic carbocycles. The third kappa shape index (κ3) is 10.7. The molecule has 0 heterocycles. The lowest BCUT2D eigenvalue weighted by molar-refractivity contribution is -0.135. The number of carbonyl (C=O) groups excluding carboxylic acids is 3. The van der Waals surface area contributed by atoms with Crippen molar-refractivity contribution in [2.45, 2.75) is 100.0 Å². The summed E-state index contributed by atoms with van der Waals surface area (Å²) in [6.07, 6.45) is 3.69. The van der Waals surface area contributed by atoms with Gasteiger partial charge in [0.15, 0.2) is 0 Å². The lowest BCUT2D eigenvalue weighted by Crippen LogP contribution is -2.51. The van der Waals surface area contributed by atoms with Crippen LogP contribution < -0.4 is 27.8 Å². The van der Waals surface area contributed by atoms with Gasteiger partial charge in [-0.15, -0.1) is 0 Å². The summed E-state index contributed by atoms with van der Waals surface area (Å²) in [7, 11) is 0. The molecule has 8 nitrogen and oxygen atoms in total. The van der Waals surface area contributed by atoms with Gasteiger partial charge in [-0.25, -0.2) is 0 Å². The minimum Gasteiger partial charge on any atom is -0.369 e. The lowest BCUT2D eigenvalue weighted by atomic mass is 9.55. The SMILES string of the molecule is CC(C)(N)CC(C(N)=O)C(C)(C)C(C)(C)CC(C(=O)NCCCCCNC(=O)CN)C(C)(C)C. The molecular weight excluding hydrogens is 430 g/mol. The monoisotopic (exact) mass is 483 g/mol. The van der Waals surface area contributed by atoms with E-state index in [4.69, 9.17) is 17.2 Å². The first-order chi connectivity index (χ1) is 15.3. The second kappa shape index (κ2) is 12.9. The number of primary amides is 1. The highest BCUT2D eigenvalue weighted by Crippen LogP contribution is 2.52. The third-order valence-corrected chi connectivity index (χ3v) is 7.43. The van der Waals surface area contributed by atoms with E-state index in [1.165, 1.54) is 0 Å². The number of nitrogens with one attached hydrogen (secondary N) is 2. The molecular formula is C26H53N5O3. The van der Waals surface area contributed by atoms with Crippen LogP contribution in [0.4, 0.5) is 0 Å². The van der Waals surface area contributed by atoms with Crippen LogP contribution in [0.1, 0.15) is 94.4 Å². The van der Waals surface area contributed by atoms with Crippen molar-refractivity contribution in [2.24, 2.45) is 45.3 Å². The summed E-state index contributed by atoms with van der Waals surface area (Å²) < 4.78 is 0. The fraction of sp³-hybridized carbons (Fsp3) is 0.885. The van der Waals surface area contributed by atoms with Crippen molar-refractivity contribution in [1.82, 2.24) is 10.6 Å². The quantitative estimate of drug-likeness (QED) is 0.227. The van der Waals surface area contributed by atoms with Crippen LogP contribution in [-0.4, -0.2) is 42.9 Å². The molecule has 2 unspecified atom stereocenters. The first-order valence-electron chi connectivity index (χ1n) is 12.6. The van der Waals surface area contributed by atoms with Crippen LogP contribution in [-0.2, 0) is 14.4 Å². The van der Waals surface area contributed by atoms with Gasteiger partial charge < -0.3 is 27.8 Å². The van der Waals surface area contributed by atoms with E-state index in [1.54, 1.807) is 0 Å². The summed E-state index contributed by atoms with van der Waals surface area (Å²) in [5.41, 5.74) is 15.8. The van der Waals surface area contributed by atoms with Gasteiger partial charge in [0, 0.05) is 30.5 Å². The maximum Gasteiger partial charge on any atom is 0.233 e. The fourth-order valence-corrected chi connectivity index (χ4v) is 4.34. The molecule has 0 aromatic heterocycles. The molecule has 0 saturated carbocycles. The van der Waals surface area contributed by atoms with Crippen LogP contribution >= 0.6 is 0 Å². The standard InChI is InChI=1S/C26H53N5O3/c1-23(2,3)19(22(34)31-14-12-10-11-13-30-20(32)17-27)15-24(4,5)26(8,9)18(21(28)33)16-25(6,7)29/h18-19H,10-17,27,29H2,1-9H3,(H2,28,33)(H,30,32)(H,31,34). The molecule has 0 rings (SSSR count). The zero-order valence-corrected chi connectivity index (χ0v) is 23.3. The van der Waals surface area contributed by atoms with Crippen molar-refractivity contribution in [3.63, 3.8) is 0 Å². The van der Waals surface area contributed by atoms with Gasteiger partial charge >= 0.3 is 0 Å². The molecule has 0 aliphatic rings. The zero-order chi connectivity index (χ0) is 27.0. The molecule has 3 amide bonds. The normalized spacial score (nSPS) is 14.9. The molecule has 0 aliphatic heterocycles. The Kier molecular flexibility index (Phi) is 12.2. The van der Waals surface area contributed by atoms with E-state index in [0.717, 1.165) is 19.3 Å². The van der Waals surface area contributed by atoms with Gasteiger partial charge in [-0.1, -0.05) is 48.5 Å². The van der Waals surface area contributed by atoms with E-state index in [1.807, 2.05) is 13.8 Å². The van der Waals surface area contributed by atoms with Gasteiger partial charge in [0.05, 0.1) is 6.54 Å². The van der Waals surface area contributed by atoms with E-state index in [9.17, 15) is 14.4 Å². The number of hydrogen-bond donors (Lipinski definition) is 5. The molecule has 0 spiro atoms. The van der Waals surface area contributed by atoms with Crippen LogP contribution in [0.25, 0.3) is 0 Å². The van der Waals surface area contributed by atoms with Crippen molar-refractivity contribution in [3.05, 3.63) is 0 Å². The number of amides is 3. The Morgan fingerprint density at radius 1 is 0.765 bits per heavy atom. The van der Waals surface area contributed by atoms with E-state index < -0.39 is 16.9 Å². The Bertz CT molecular complexity index is 675. The molecule has 0 radical (unpaired) electrons. The van der Waals surface area contributed by atoms with E-state index in [0.29, 0.717) is 25.9 Å². The molecule has 0 bridgehead atoms. The summed E-state index contributed by atoms with van der Waals surface area (Å²) in [4.78, 5) is 36.9. The largest absolute Gasteiger partial charge is 0.369 e. The molecule has 0 saturated heterocycles. The summed E-state index contributed by atoms with van der Waals surface area (Å²) in [6, 6.07) is 0. The van der Waals surface area contributed by atoms with Crippen molar-refractivity contribution >= 4 is 17.7 Å². The predicted octanol–water partition coefficient (Wildman–Crippen LogP) is 2.68. The van der Waals surface area contributed by atoms with Crippen molar-refractivity contribution in [3.8, 4) is 0 Å². The third-order valence-electron chi connectivity index (χ3n) is 7.43. The Hall–Kier alpha value is -1.67. The fourth-order valence-electron chi connectivity index (χ4n) is 4.34. The van der Waals surface area contributed by atoms with Gasteiger partial charge in [0.25, 0.3) is 0 Å². The van der Waals surface area contributed by atoms with Crippen molar-refractivity contribution in [1.29, 1.82) is 0 Å². The van der Waals surface area contributed by atoms with Gasteiger partial charge in [-0.05, 0) is 62.2 Å². The van der Waals surface area contributed by atoms with Gasteiger partial charge in [0.1, 0.15) is 0 Å². The molecule has 8 N–H and O–H groups in total. The van der Waals surface area contributed by atoms with E-state index in [-0.39, 0.29) is 41.0 Å². The van der Waals surface area contributed by atoms with Crippen LogP contribution in [0.15, 0.2) is 0 Å². The summed E-state index contributed by atoms with van der Waals surface area (Å²) in [5, 5.41) is 5.86. The Morgan fingerprint density at radius 3 is 1.68 bits per heavy atom. The number of rotatable bonds is 15. The summed E-state index contributed by atoms with van der Waals surface area (Å²) in [6.45, 7) is 19.6. The van der Waals surface area contributed by atoms with Crippen LogP contribution in [0.5, 0.6) is 0 Å². The van der Waals surface area contributed by atoms with Crippen LogP contribution in [0.3, 0.4) is 0 Å². The second-order valence-electron chi connectivity index (χ2n) is 12.8. The average Bonchev–Trinajstić information content (AvgIpc) is 2.67. The number of nitrogens with two attached hydrogens (primary N) is 3. The number of carbonyl (C=O) groups is 3. The minimum absolute atomic E-state index is 0.00156. The number of hydrogen-bond acceptors (Lipinski definition) is 5. The molecule has 0 aromatic rings. The molecule has 0 fully saturated rings. The first-order valence-corrected chi connectivity index (χ1v) is 12.6. The first kappa shape index (κ1) is 32.3. The molecule has 0 aromatic carbocycles. The molecule has 8 heteroatoms. The van der Waals surface area contributed by atoms with E-state index >= 15 is 0 Å². The molecule has 34 heavy (non-hydrogen) atoms. The van der Waals surface area contributed by atoms with Crippen LogP contribution in [0.2, 0.25) is 0 Å².